The Morgan fingerprint density at radius 2 is 0.654 bits per heavy atom. The molecule has 0 N–H and O–H groups in total. The molecule has 0 fully saturated rings. The monoisotopic (exact) mass is 1130 g/mol. The lowest BCUT2D eigenvalue weighted by molar-refractivity contribution is -0.605. The lowest BCUT2D eigenvalue weighted by Crippen LogP contribution is -2.42. The van der Waals surface area contributed by atoms with Crippen molar-refractivity contribution in [2.75, 3.05) is 33.0 Å². The summed E-state index contributed by atoms with van der Waals surface area (Å²) < 4.78 is 36.2. The molecule has 1 aromatic heterocycles. The summed E-state index contributed by atoms with van der Waals surface area (Å²) in [7, 11) is 0. The van der Waals surface area contributed by atoms with E-state index in [4.69, 9.17) is 56.6 Å². The van der Waals surface area contributed by atoms with Gasteiger partial charge in [-0.15, -0.1) is 0 Å². The molecular weight excluding hydrogens is 999 g/mol. The fourth-order valence-electron chi connectivity index (χ4n) is 12.9. The second-order valence-corrected chi connectivity index (χ2v) is 27.4. The average molecular weight is 1130 g/mol. The maximum atomic E-state index is 12.4. The molecule has 0 spiro atoms. The molecule has 470 valence electrons. The number of aromatic nitrogens is 1. The number of nitrogens with zero attached hydrogens (tertiary/aromatic N) is 1. The molecule has 0 bridgehead atoms. The summed E-state index contributed by atoms with van der Waals surface area (Å²) in [6, 6.07) is 3.98. The minimum absolute atomic E-state index is 0.138. The van der Waals surface area contributed by atoms with Gasteiger partial charge in [-0.2, -0.15) is 4.73 Å². The van der Waals surface area contributed by atoms with Gasteiger partial charge < -0.3 is 28.9 Å². The molecule has 0 aliphatic carbocycles. The fraction of sp³-hybridized carbons (Fsp3) is 0.797. The second-order valence-electron chi connectivity index (χ2n) is 27.4. The number of unbranched alkanes of at least 4 members (excludes halogenated alkanes) is 5. The highest BCUT2D eigenvalue weighted by Gasteiger charge is 2.51. The van der Waals surface area contributed by atoms with Crippen LogP contribution in [0.15, 0.2) is 86.2 Å². The Morgan fingerprint density at radius 1 is 0.395 bits per heavy atom. The van der Waals surface area contributed by atoms with Crippen molar-refractivity contribution in [3.8, 4) is 0 Å². The van der Waals surface area contributed by atoms with Crippen LogP contribution in [0.5, 0.6) is 0 Å². The normalized spacial score (nSPS) is 17.1. The minimum atomic E-state index is -0.655. The van der Waals surface area contributed by atoms with Crippen LogP contribution in [0.3, 0.4) is 0 Å². The summed E-state index contributed by atoms with van der Waals surface area (Å²) in [6.45, 7) is 66.8. The molecule has 7 heteroatoms. The van der Waals surface area contributed by atoms with Gasteiger partial charge in [-0.25, -0.2) is 0 Å². The van der Waals surface area contributed by atoms with E-state index in [-0.39, 0.29) is 5.92 Å². The van der Waals surface area contributed by atoms with Crippen molar-refractivity contribution in [1.82, 2.24) is 0 Å². The van der Waals surface area contributed by atoms with Crippen LogP contribution < -0.4 is 4.73 Å². The molecule has 0 radical (unpaired) electrons. The Kier molecular flexibility index (Phi) is 36.7. The largest absolute Gasteiger partial charge is 0.619 e. The zero-order valence-electron chi connectivity index (χ0n) is 56.6. The van der Waals surface area contributed by atoms with Gasteiger partial charge in [0.15, 0.2) is 12.4 Å². The number of allylic oxidation sites excluding steroid dienone is 5. The van der Waals surface area contributed by atoms with E-state index in [1.165, 1.54) is 38.5 Å². The van der Waals surface area contributed by atoms with Crippen molar-refractivity contribution in [3.05, 3.63) is 97.0 Å². The summed E-state index contributed by atoms with van der Waals surface area (Å²) in [5.41, 5.74) is -1.73. The van der Waals surface area contributed by atoms with Crippen LogP contribution in [0, 0.1) is 61.9 Å². The van der Waals surface area contributed by atoms with Gasteiger partial charge in [-0.1, -0.05) is 247 Å². The first-order chi connectivity index (χ1) is 38.3. The van der Waals surface area contributed by atoms with Crippen LogP contribution in [0.2, 0.25) is 0 Å². The van der Waals surface area contributed by atoms with Gasteiger partial charge in [0.05, 0.1) is 61.8 Å². The van der Waals surface area contributed by atoms with E-state index in [9.17, 15) is 5.21 Å². The van der Waals surface area contributed by atoms with Gasteiger partial charge in [-0.3, -0.25) is 0 Å². The number of ether oxygens (including phenoxy) is 5. The Labute approximate surface area is 503 Å². The lowest BCUT2D eigenvalue weighted by Gasteiger charge is -2.50. The molecule has 1 aromatic rings. The zero-order chi connectivity index (χ0) is 61.3. The van der Waals surface area contributed by atoms with Crippen LogP contribution in [0.1, 0.15) is 296 Å². The molecule has 0 aliphatic rings. The molecule has 1 heterocycles. The summed E-state index contributed by atoms with van der Waals surface area (Å²) in [6.07, 6.45) is 30.2. The SMILES string of the molecule is C=C(OCC(CC)CCCC)C(C)(C)CC(C)(CC(C)(CC(C)(CC(C)(CC(CC)c1cc[n+]([O-])cc1)C(=C)OCC(CC)CCCC)C(=C)OCC(CC)CCCC)C(=C)OCC(CC)CCCC)C(=C)OCC(CC)CCCC. The quantitative estimate of drug-likeness (QED) is 0.0368. The standard InChI is InChI=1S/C74H133NO6/c1-23-34-39-63(28-6)49-77-58(12)70(17,18)54-72(20,60(14)79-51-65(30-8)41-36-25-3)56-74(22,62(16)81-53-67(32-10)43-38-27-5)57-73(21,61(15)80-52-66(31-9)42-37-26-4)55-71(19,59(13)78-50-64(29-7)40-35-24-2)48-68(33-11)69-44-46-75(76)47-45-69/h44-47,63-68H,12-16,23-43,48-57H2,1-11,17-22H3. The molecule has 10 unspecified atom stereocenters. The summed E-state index contributed by atoms with van der Waals surface area (Å²) in [4.78, 5) is 0. The summed E-state index contributed by atoms with van der Waals surface area (Å²) >= 11 is 0. The predicted octanol–water partition coefficient (Wildman–Crippen LogP) is 22.5. The third-order valence-electron chi connectivity index (χ3n) is 19.3. The number of hydrogen-bond donors (Lipinski definition) is 0. The highest BCUT2D eigenvalue weighted by atomic mass is 16.5. The minimum Gasteiger partial charge on any atom is -0.619 e. The van der Waals surface area contributed by atoms with E-state index in [1.54, 1.807) is 12.4 Å². The molecule has 0 aliphatic heterocycles. The highest BCUT2D eigenvalue weighted by Crippen LogP contribution is 2.59. The first kappa shape index (κ1) is 75.7. The third kappa shape index (κ3) is 26.6. The van der Waals surface area contributed by atoms with E-state index in [0.29, 0.717) is 88.3 Å². The van der Waals surface area contributed by atoms with Gasteiger partial charge in [0, 0.05) is 39.2 Å². The number of rotatable bonds is 52. The molecule has 0 saturated heterocycles. The van der Waals surface area contributed by atoms with Gasteiger partial charge >= 0.3 is 0 Å². The third-order valence-corrected chi connectivity index (χ3v) is 19.3. The number of pyridine rings is 1. The van der Waals surface area contributed by atoms with Gasteiger partial charge in [0.1, 0.15) is 0 Å². The fourth-order valence-corrected chi connectivity index (χ4v) is 12.9. The Bertz CT molecular complexity index is 1900. The van der Waals surface area contributed by atoms with Gasteiger partial charge in [0.25, 0.3) is 0 Å². The first-order valence-electron chi connectivity index (χ1n) is 33.6. The van der Waals surface area contributed by atoms with Crippen molar-refractivity contribution in [2.24, 2.45) is 56.7 Å². The first-order valence-corrected chi connectivity index (χ1v) is 33.6. The van der Waals surface area contributed by atoms with E-state index < -0.39 is 27.1 Å². The molecule has 0 amide bonds. The van der Waals surface area contributed by atoms with Gasteiger partial charge in [-0.05, 0) is 112 Å². The second kappa shape index (κ2) is 39.3. The van der Waals surface area contributed by atoms with Crippen molar-refractivity contribution < 1.29 is 28.4 Å². The summed E-state index contributed by atoms with van der Waals surface area (Å²) in [5, 5.41) is 12.4. The van der Waals surface area contributed by atoms with E-state index in [0.717, 1.165) is 142 Å². The van der Waals surface area contributed by atoms with Crippen LogP contribution in [-0.4, -0.2) is 33.0 Å². The molecule has 0 aromatic carbocycles. The van der Waals surface area contributed by atoms with E-state index in [2.05, 4.69) is 118 Å². The van der Waals surface area contributed by atoms with Crippen LogP contribution in [0.4, 0.5) is 0 Å². The van der Waals surface area contributed by atoms with Crippen molar-refractivity contribution in [1.29, 1.82) is 0 Å². The van der Waals surface area contributed by atoms with Crippen molar-refractivity contribution in [2.45, 2.75) is 291 Å². The van der Waals surface area contributed by atoms with E-state index >= 15 is 0 Å². The molecule has 7 nitrogen and oxygen atoms in total. The van der Waals surface area contributed by atoms with Crippen LogP contribution in [-0.2, 0) is 23.7 Å². The van der Waals surface area contributed by atoms with Crippen molar-refractivity contribution >= 4 is 0 Å². The maximum Gasteiger partial charge on any atom is 0.180 e. The smallest absolute Gasteiger partial charge is 0.180 e. The van der Waals surface area contributed by atoms with E-state index in [1.807, 2.05) is 12.1 Å². The van der Waals surface area contributed by atoms with Crippen LogP contribution >= 0.6 is 0 Å². The molecule has 0 saturated carbocycles. The highest BCUT2D eigenvalue weighted by molar-refractivity contribution is 5.21. The lowest BCUT2D eigenvalue weighted by atomic mass is 9.57. The Morgan fingerprint density at radius 3 is 0.926 bits per heavy atom. The Balaban J connectivity index is 4.48. The molecule has 10 atom stereocenters. The molecule has 81 heavy (non-hydrogen) atoms. The Hall–Kier alpha value is -3.35. The topological polar surface area (TPSA) is 73.1 Å². The number of hydrogen-bond acceptors (Lipinski definition) is 6. The zero-order valence-corrected chi connectivity index (χ0v) is 56.6. The van der Waals surface area contributed by atoms with Gasteiger partial charge in [0.2, 0.25) is 0 Å². The predicted molar refractivity (Wildman–Crippen MR) is 350 cm³/mol. The average Bonchev–Trinajstić information content (AvgIpc) is 3.47. The molecular formula is C74H133NO6. The summed E-state index contributed by atoms with van der Waals surface area (Å²) in [5.74, 6) is 6.33. The molecule has 1 rings (SSSR count). The maximum absolute atomic E-state index is 12.4. The van der Waals surface area contributed by atoms with Crippen molar-refractivity contribution in [3.63, 3.8) is 0 Å². The van der Waals surface area contributed by atoms with Crippen LogP contribution in [0.25, 0.3) is 0 Å².